The third-order valence-corrected chi connectivity index (χ3v) is 5.70. The molecule has 2 aliphatic rings. The van der Waals surface area contributed by atoms with Crippen LogP contribution in [0.3, 0.4) is 0 Å². The fourth-order valence-electron chi connectivity index (χ4n) is 3.39. The van der Waals surface area contributed by atoms with Crippen LogP contribution in [-0.4, -0.2) is 18.8 Å². The van der Waals surface area contributed by atoms with Crippen LogP contribution >= 0.6 is 38.5 Å². The van der Waals surface area contributed by atoms with Crippen LogP contribution in [0.2, 0.25) is 0 Å². The van der Waals surface area contributed by atoms with Crippen LogP contribution in [0.15, 0.2) is 22.7 Å². The molecule has 2 fully saturated rings. The predicted molar refractivity (Wildman–Crippen MR) is 85.9 cm³/mol. The fourth-order valence-corrected chi connectivity index (χ4v) is 4.25. The molecule has 98 valence electrons. The molecule has 0 bridgehead atoms. The summed E-state index contributed by atoms with van der Waals surface area (Å²) < 4.78 is 8.23. The van der Waals surface area contributed by atoms with Crippen LogP contribution < -0.4 is 5.32 Å². The molecule has 0 spiro atoms. The molecule has 0 aromatic heterocycles. The number of benzene rings is 1. The van der Waals surface area contributed by atoms with E-state index < -0.39 is 0 Å². The minimum absolute atomic E-state index is 0.224. The maximum atomic E-state index is 5.84. The van der Waals surface area contributed by atoms with Crippen molar-refractivity contribution in [2.45, 2.75) is 32.4 Å². The first-order valence-corrected chi connectivity index (χ1v) is 8.20. The van der Waals surface area contributed by atoms with Crippen molar-refractivity contribution in [1.82, 2.24) is 0 Å². The molecular weight excluding hydrogens is 405 g/mol. The van der Waals surface area contributed by atoms with Gasteiger partial charge in [0, 0.05) is 37.7 Å². The molecule has 3 rings (SSSR count). The van der Waals surface area contributed by atoms with E-state index in [0.717, 1.165) is 11.1 Å². The average Bonchev–Trinajstić information content (AvgIpc) is 2.77. The molecule has 1 aromatic rings. The number of hydrogen-bond acceptors (Lipinski definition) is 2. The van der Waals surface area contributed by atoms with Crippen molar-refractivity contribution in [3.05, 3.63) is 26.2 Å². The smallest absolute Gasteiger partial charge is 0.0694 e. The van der Waals surface area contributed by atoms with Gasteiger partial charge in [-0.25, -0.2) is 0 Å². The van der Waals surface area contributed by atoms with E-state index in [2.05, 4.69) is 75.9 Å². The van der Waals surface area contributed by atoms with Gasteiger partial charge in [0.25, 0.3) is 0 Å². The van der Waals surface area contributed by atoms with Gasteiger partial charge < -0.3 is 10.1 Å². The van der Waals surface area contributed by atoms with E-state index in [1.807, 2.05) is 0 Å². The lowest BCUT2D eigenvalue weighted by atomic mass is 9.57. The number of rotatable bonds is 2. The Morgan fingerprint density at radius 2 is 2.22 bits per heavy atom. The molecule has 1 aliphatic heterocycles. The largest absolute Gasteiger partial charge is 0.380 e. The molecule has 1 aliphatic carbocycles. The predicted octanol–water partition coefficient (Wildman–Crippen LogP) is 4.28. The lowest BCUT2D eigenvalue weighted by Crippen LogP contribution is -2.63. The molecule has 1 saturated heterocycles. The van der Waals surface area contributed by atoms with Gasteiger partial charge in [0.2, 0.25) is 0 Å². The van der Waals surface area contributed by atoms with E-state index in [9.17, 15) is 0 Å². The summed E-state index contributed by atoms with van der Waals surface area (Å²) in [5.74, 6) is 0.671. The summed E-state index contributed by atoms with van der Waals surface area (Å²) in [5, 5.41) is 3.72. The second kappa shape index (κ2) is 4.63. The van der Waals surface area contributed by atoms with Crippen molar-refractivity contribution in [3.8, 4) is 0 Å². The van der Waals surface area contributed by atoms with Crippen molar-refractivity contribution >= 4 is 44.2 Å². The molecule has 18 heavy (non-hydrogen) atoms. The van der Waals surface area contributed by atoms with Gasteiger partial charge in [-0.3, -0.25) is 0 Å². The molecular formula is C14H17BrINO. The Morgan fingerprint density at radius 3 is 3.00 bits per heavy atom. The number of ether oxygens (including phenoxy) is 1. The Morgan fingerprint density at radius 1 is 1.44 bits per heavy atom. The van der Waals surface area contributed by atoms with Crippen molar-refractivity contribution in [1.29, 1.82) is 0 Å². The third kappa shape index (κ3) is 2.00. The Hall–Kier alpha value is 0.190. The Kier molecular flexibility index (Phi) is 3.39. The van der Waals surface area contributed by atoms with Gasteiger partial charge in [-0.15, -0.1) is 0 Å². The SMILES string of the molecule is CC1(C)C(Nc2cc(I)ccc2Br)C2CCOC21. The van der Waals surface area contributed by atoms with Gasteiger partial charge in [-0.05, 0) is 63.1 Å². The highest BCUT2D eigenvalue weighted by Gasteiger charge is 2.59. The quantitative estimate of drug-likeness (QED) is 0.719. The van der Waals surface area contributed by atoms with Crippen molar-refractivity contribution in [2.75, 3.05) is 11.9 Å². The van der Waals surface area contributed by atoms with Crippen LogP contribution in [0.1, 0.15) is 20.3 Å². The van der Waals surface area contributed by atoms with Crippen molar-refractivity contribution in [2.24, 2.45) is 11.3 Å². The van der Waals surface area contributed by atoms with E-state index in [0.29, 0.717) is 18.1 Å². The minimum atomic E-state index is 0.224. The van der Waals surface area contributed by atoms with E-state index in [4.69, 9.17) is 4.74 Å². The summed E-state index contributed by atoms with van der Waals surface area (Å²) in [6.07, 6.45) is 1.63. The summed E-state index contributed by atoms with van der Waals surface area (Å²) in [5.41, 5.74) is 1.42. The summed E-state index contributed by atoms with van der Waals surface area (Å²) in [7, 11) is 0. The van der Waals surface area contributed by atoms with E-state index in [1.165, 1.54) is 15.7 Å². The van der Waals surface area contributed by atoms with Gasteiger partial charge >= 0.3 is 0 Å². The van der Waals surface area contributed by atoms with Gasteiger partial charge in [0.1, 0.15) is 0 Å². The lowest BCUT2D eigenvalue weighted by molar-refractivity contribution is -0.0923. The average molecular weight is 422 g/mol. The zero-order chi connectivity index (χ0) is 12.9. The molecule has 1 N–H and O–H groups in total. The summed E-state index contributed by atoms with van der Waals surface area (Å²) in [4.78, 5) is 0. The van der Waals surface area contributed by atoms with E-state index in [1.54, 1.807) is 0 Å². The fraction of sp³-hybridized carbons (Fsp3) is 0.571. The highest BCUT2D eigenvalue weighted by molar-refractivity contribution is 14.1. The molecule has 1 saturated carbocycles. The Bertz CT molecular complexity index is 477. The van der Waals surface area contributed by atoms with Crippen LogP contribution in [-0.2, 0) is 4.74 Å². The lowest BCUT2D eigenvalue weighted by Gasteiger charge is -2.55. The first-order chi connectivity index (χ1) is 8.50. The summed E-state index contributed by atoms with van der Waals surface area (Å²) in [6.45, 7) is 5.53. The Balaban J connectivity index is 1.82. The first-order valence-electron chi connectivity index (χ1n) is 6.33. The van der Waals surface area contributed by atoms with Crippen LogP contribution in [0.25, 0.3) is 0 Å². The van der Waals surface area contributed by atoms with Gasteiger partial charge in [-0.1, -0.05) is 13.8 Å². The number of halogens is 2. The Labute approximate surface area is 130 Å². The number of nitrogens with one attached hydrogen (secondary N) is 1. The van der Waals surface area contributed by atoms with Crippen molar-refractivity contribution in [3.63, 3.8) is 0 Å². The van der Waals surface area contributed by atoms with E-state index >= 15 is 0 Å². The normalized spacial score (nSPS) is 32.8. The maximum absolute atomic E-state index is 5.84. The molecule has 3 unspecified atom stereocenters. The molecule has 1 heterocycles. The third-order valence-electron chi connectivity index (χ3n) is 4.34. The number of fused-ring (bicyclic) bond motifs is 1. The van der Waals surface area contributed by atoms with Gasteiger partial charge in [-0.2, -0.15) is 0 Å². The molecule has 3 atom stereocenters. The zero-order valence-corrected chi connectivity index (χ0v) is 14.3. The van der Waals surface area contributed by atoms with Crippen LogP contribution in [0.4, 0.5) is 5.69 Å². The zero-order valence-electron chi connectivity index (χ0n) is 10.5. The number of anilines is 1. The van der Waals surface area contributed by atoms with Crippen LogP contribution in [0.5, 0.6) is 0 Å². The van der Waals surface area contributed by atoms with Crippen LogP contribution in [0, 0.1) is 14.9 Å². The highest BCUT2D eigenvalue weighted by atomic mass is 127. The maximum Gasteiger partial charge on any atom is 0.0694 e. The number of hydrogen-bond donors (Lipinski definition) is 1. The monoisotopic (exact) mass is 421 g/mol. The summed E-state index contributed by atoms with van der Waals surface area (Å²) in [6, 6.07) is 6.94. The molecule has 1 aromatic carbocycles. The summed E-state index contributed by atoms with van der Waals surface area (Å²) >= 11 is 5.98. The topological polar surface area (TPSA) is 21.3 Å². The standard InChI is InChI=1S/C14H17BrINO/c1-14(2)12(9-5-6-18-13(9)14)17-11-7-8(16)3-4-10(11)15/h3-4,7,9,12-13,17H,5-6H2,1-2H3. The van der Waals surface area contributed by atoms with Gasteiger partial charge in [0.05, 0.1) is 6.10 Å². The molecule has 0 radical (unpaired) electrons. The molecule has 4 heteroatoms. The molecule has 2 nitrogen and oxygen atoms in total. The highest BCUT2D eigenvalue weighted by Crippen LogP contribution is 2.53. The second-order valence-corrected chi connectivity index (χ2v) is 7.91. The van der Waals surface area contributed by atoms with Gasteiger partial charge in [0.15, 0.2) is 0 Å². The van der Waals surface area contributed by atoms with E-state index in [-0.39, 0.29) is 5.41 Å². The second-order valence-electron chi connectivity index (χ2n) is 5.81. The minimum Gasteiger partial charge on any atom is -0.380 e. The first kappa shape index (κ1) is 13.2. The van der Waals surface area contributed by atoms with Crippen molar-refractivity contribution < 1.29 is 4.74 Å². The molecule has 0 amide bonds.